The van der Waals surface area contributed by atoms with E-state index >= 15 is 0 Å². The lowest BCUT2D eigenvalue weighted by Crippen LogP contribution is -2.11. The Morgan fingerprint density at radius 1 is 1.35 bits per heavy atom. The molecule has 0 amide bonds. The first-order valence-electron chi connectivity index (χ1n) is 6.67. The Balaban J connectivity index is 2.17. The molecule has 0 aliphatic heterocycles. The largest absolute Gasteiger partial charge is 0.487 e. The van der Waals surface area contributed by atoms with E-state index in [2.05, 4.69) is 18.8 Å². The summed E-state index contributed by atoms with van der Waals surface area (Å²) >= 11 is 0. The second-order valence-corrected chi connectivity index (χ2v) is 5.15. The molecular weight excluding hydrogens is 257 g/mol. The second kappa shape index (κ2) is 6.05. The van der Waals surface area contributed by atoms with Crippen molar-refractivity contribution in [2.24, 2.45) is 5.73 Å². The van der Waals surface area contributed by atoms with Crippen LogP contribution in [0.1, 0.15) is 44.1 Å². The first kappa shape index (κ1) is 14.5. The van der Waals surface area contributed by atoms with Crippen molar-refractivity contribution in [3.63, 3.8) is 0 Å². The van der Waals surface area contributed by atoms with E-state index in [1.54, 1.807) is 25.5 Å². The normalized spacial score (nSPS) is 12.7. The third-order valence-corrected chi connectivity index (χ3v) is 3.14. The summed E-state index contributed by atoms with van der Waals surface area (Å²) in [5.74, 6) is 0.301. The van der Waals surface area contributed by atoms with Crippen molar-refractivity contribution in [2.45, 2.75) is 39.5 Å². The van der Waals surface area contributed by atoms with Crippen LogP contribution in [0.5, 0.6) is 5.75 Å². The molecule has 5 heteroatoms. The third kappa shape index (κ3) is 3.17. The summed E-state index contributed by atoms with van der Waals surface area (Å²) in [7, 11) is 0. The number of imidazole rings is 1. The fourth-order valence-electron chi connectivity index (χ4n) is 2.07. The molecule has 4 nitrogen and oxygen atoms in total. The summed E-state index contributed by atoms with van der Waals surface area (Å²) in [5.41, 5.74) is 7.49. The number of aromatic nitrogens is 2. The maximum atomic E-state index is 13.3. The molecule has 1 unspecified atom stereocenters. The first-order valence-corrected chi connectivity index (χ1v) is 6.67. The van der Waals surface area contributed by atoms with Gasteiger partial charge in [0.25, 0.3) is 0 Å². The fourth-order valence-corrected chi connectivity index (χ4v) is 2.07. The highest BCUT2D eigenvalue weighted by molar-refractivity contribution is 5.36. The monoisotopic (exact) mass is 277 g/mol. The van der Waals surface area contributed by atoms with Gasteiger partial charge >= 0.3 is 0 Å². The van der Waals surface area contributed by atoms with Crippen molar-refractivity contribution in [1.82, 2.24) is 9.55 Å². The summed E-state index contributed by atoms with van der Waals surface area (Å²) < 4.78 is 21.1. The van der Waals surface area contributed by atoms with E-state index in [0.717, 1.165) is 5.69 Å². The molecule has 1 heterocycles. The summed E-state index contributed by atoms with van der Waals surface area (Å²) in [6, 6.07) is 4.44. The van der Waals surface area contributed by atoms with Gasteiger partial charge in [0.15, 0.2) is 0 Å². The standard InChI is InChI=1S/C15H20FN3O/c1-10(2)19-9-18-7-13(19)8-20-15-5-4-12(16)6-14(15)11(3)17/h4-7,9-11H,8,17H2,1-3H3. The van der Waals surface area contributed by atoms with E-state index in [1.807, 2.05) is 4.57 Å². The van der Waals surface area contributed by atoms with Gasteiger partial charge in [0.2, 0.25) is 0 Å². The van der Waals surface area contributed by atoms with E-state index in [0.29, 0.717) is 24.0 Å². The zero-order valence-electron chi connectivity index (χ0n) is 12.0. The van der Waals surface area contributed by atoms with Crippen LogP contribution in [0.25, 0.3) is 0 Å². The molecular formula is C15H20FN3O. The lowest BCUT2D eigenvalue weighted by molar-refractivity contribution is 0.287. The molecule has 0 aliphatic rings. The minimum atomic E-state index is -0.308. The third-order valence-electron chi connectivity index (χ3n) is 3.14. The Kier molecular flexibility index (Phi) is 4.39. The number of nitrogens with zero attached hydrogens (tertiary/aromatic N) is 2. The minimum absolute atomic E-state index is 0.282. The van der Waals surface area contributed by atoms with Gasteiger partial charge in [-0.25, -0.2) is 9.37 Å². The van der Waals surface area contributed by atoms with E-state index < -0.39 is 0 Å². The Hall–Kier alpha value is -1.88. The number of hydrogen-bond donors (Lipinski definition) is 1. The van der Waals surface area contributed by atoms with E-state index in [-0.39, 0.29) is 11.9 Å². The van der Waals surface area contributed by atoms with Crippen LogP contribution in [-0.2, 0) is 6.61 Å². The number of halogens is 1. The van der Waals surface area contributed by atoms with Crippen molar-refractivity contribution in [3.8, 4) is 5.75 Å². The van der Waals surface area contributed by atoms with Crippen LogP contribution in [0.4, 0.5) is 4.39 Å². The highest BCUT2D eigenvalue weighted by atomic mass is 19.1. The van der Waals surface area contributed by atoms with Crippen molar-refractivity contribution < 1.29 is 9.13 Å². The number of benzene rings is 1. The maximum absolute atomic E-state index is 13.3. The van der Waals surface area contributed by atoms with Gasteiger partial charge in [0.05, 0.1) is 18.2 Å². The summed E-state index contributed by atoms with van der Waals surface area (Å²) in [5, 5.41) is 0. The molecule has 0 saturated carbocycles. The van der Waals surface area contributed by atoms with Crippen LogP contribution >= 0.6 is 0 Å². The quantitative estimate of drug-likeness (QED) is 0.913. The second-order valence-electron chi connectivity index (χ2n) is 5.15. The molecule has 0 aliphatic carbocycles. The summed E-state index contributed by atoms with van der Waals surface area (Å²) in [6.45, 7) is 6.34. The van der Waals surface area contributed by atoms with Gasteiger partial charge in [-0.15, -0.1) is 0 Å². The van der Waals surface area contributed by atoms with Crippen LogP contribution < -0.4 is 10.5 Å². The van der Waals surface area contributed by atoms with E-state index in [9.17, 15) is 4.39 Å². The molecule has 2 N–H and O–H groups in total. The Labute approximate surface area is 118 Å². The number of rotatable bonds is 5. The van der Waals surface area contributed by atoms with Crippen molar-refractivity contribution in [3.05, 3.63) is 47.8 Å². The maximum Gasteiger partial charge on any atom is 0.130 e. The molecule has 2 aromatic rings. The number of hydrogen-bond acceptors (Lipinski definition) is 3. The van der Waals surface area contributed by atoms with Crippen molar-refractivity contribution in [1.29, 1.82) is 0 Å². The molecule has 108 valence electrons. The van der Waals surface area contributed by atoms with Crippen molar-refractivity contribution >= 4 is 0 Å². The average Bonchev–Trinajstić information content (AvgIpc) is 2.85. The summed E-state index contributed by atoms with van der Waals surface area (Å²) in [6.07, 6.45) is 3.55. The van der Waals surface area contributed by atoms with Crippen LogP contribution in [0.2, 0.25) is 0 Å². The Bertz CT molecular complexity index is 578. The molecule has 0 saturated heterocycles. The smallest absolute Gasteiger partial charge is 0.130 e. The molecule has 1 aromatic heterocycles. The van der Waals surface area contributed by atoms with Gasteiger partial charge in [-0.05, 0) is 39.0 Å². The molecule has 0 radical (unpaired) electrons. The van der Waals surface area contributed by atoms with Crippen LogP contribution in [-0.4, -0.2) is 9.55 Å². The topological polar surface area (TPSA) is 53.1 Å². The number of ether oxygens (including phenoxy) is 1. The van der Waals surface area contributed by atoms with Crippen LogP contribution in [0.3, 0.4) is 0 Å². The zero-order valence-corrected chi connectivity index (χ0v) is 12.0. The lowest BCUT2D eigenvalue weighted by atomic mass is 10.1. The average molecular weight is 277 g/mol. The SMILES string of the molecule is CC(N)c1cc(F)ccc1OCc1cncn1C(C)C. The lowest BCUT2D eigenvalue weighted by Gasteiger charge is -2.16. The van der Waals surface area contributed by atoms with Gasteiger partial charge in [0, 0.05) is 17.6 Å². The highest BCUT2D eigenvalue weighted by Gasteiger charge is 2.11. The van der Waals surface area contributed by atoms with Crippen LogP contribution in [0, 0.1) is 5.82 Å². The first-order chi connectivity index (χ1) is 9.49. The highest BCUT2D eigenvalue weighted by Crippen LogP contribution is 2.25. The molecule has 0 fully saturated rings. The van der Waals surface area contributed by atoms with E-state index in [1.165, 1.54) is 12.1 Å². The predicted octanol–water partition coefficient (Wildman–Crippen LogP) is 3.20. The molecule has 0 bridgehead atoms. The van der Waals surface area contributed by atoms with Gasteiger partial charge in [-0.3, -0.25) is 0 Å². The van der Waals surface area contributed by atoms with Gasteiger partial charge in [0.1, 0.15) is 18.2 Å². The fraction of sp³-hybridized carbons (Fsp3) is 0.400. The van der Waals surface area contributed by atoms with Gasteiger partial charge < -0.3 is 15.0 Å². The Morgan fingerprint density at radius 3 is 2.75 bits per heavy atom. The summed E-state index contributed by atoms with van der Waals surface area (Å²) in [4.78, 5) is 4.13. The van der Waals surface area contributed by atoms with Crippen LogP contribution in [0.15, 0.2) is 30.7 Å². The Morgan fingerprint density at radius 2 is 2.10 bits per heavy atom. The van der Waals surface area contributed by atoms with Crippen molar-refractivity contribution in [2.75, 3.05) is 0 Å². The molecule has 1 atom stereocenters. The van der Waals surface area contributed by atoms with Gasteiger partial charge in [-0.1, -0.05) is 0 Å². The molecule has 1 aromatic carbocycles. The zero-order chi connectivity index (χ0) is 14.7. The molecule has 20 heavy (non-hydrogen) atoms. The predicted molar refractivity (Wildman–Crippen MR) is 75.9 cm³/mol. The molecule has 0 spiro atoms. The molecule has 2 rings (SSSR count). The number of nitrogens with two attached hydrogens (primary N) is 1. The minimum Gasteiger partial charge on any atom is -0.487 e. The van der Waals surface area contributed by atoms with E-state index in [4.69, 9.17) is 10.5 Å². The van der Waals surface area contributed by atoms with Gasteiger partial charge in [-0.2, -0.15) is 0 Å².